The lowest BCUT2D eigenvalue weighted by atomic mass is 10.0. The fraction of sp³-hybridized carbons (Fsp3) is 0.304. The Bertz CT molecular complexity index is 948. The lowest BCUT2D eigenvalue weighted by Crippen LogP contribution is -2.51. The molecule has 1 atom stereocenters. The van der Waals surface area contributed by atoms with E-state index in [1.54, 1.807) is 29.2 Å². The number of fused-ring (bicyclic) bond motifs is 1. The molecule has 1 N–H and O–H groups in total. The Labute approximate surface area is 174 Å². The van der Waals surface area contributed by atoms with Gasteiger partial charge in [0, 0.05) is 19.5 Å². The Kier molecular flexibility index (Phi) is 5.61. The van der Waals surface area contributed by atoms with Gasteiger partial charge in [-0.25, -0.2) is 0 Å². The van der Waals surface area contributed by atoms with Gasteiger partial charge in [0.2, 0.25) is 11.8 Å². The summed E-state index contributed by atoms with van der Waals surface area (Å²) in [7, 11) is 0. The zero-order valence-electron chi connectivity index (χ0n) is 16.5. The van der Waals surface area contributed by atoms with Crippen LogP contribution in [0.15, 0.2) is 54.6 Å². The summed E-state index contributed by atoms with van der Waals surface area (Å²) in [5, 5.41) is 2.76. The SMILES string of the molecule is O=C(CN1C(=O)c2ccccc2C1=O)NC(Cc1ccccc1)C(=O)N1CCCC1. The zero-order chi connectivity index (χ0) is 21.1. The van der Waals surface area contributed by atoms with Crippen LogP contribution in [0.5, 0.6) is 0 Å². The van der Waals surface area contributed by atoms with E-state index in [1.807, 2.05) is 30.3 Å². The van der Waals surface area contributed by atoms with Crippen LogP contribution < -0.4 is 5.32 Å². The maximum Gasteiger partial charge on any atom is 0.262 e. The molecule has 1 fully saturated rings. The summed E-state index contributed by atoms with van der Waals surface area (Å²) in [5.74, 6) is -1.64. The number of amides is 4. The molecule has 2 aromatic carbocycles. The number of rotatable bonds is 6. The second kappa shape index (κ2) is 8.49. The second-order valence-corrected chi connectivity index (χ2v) is 7.58. The van der Waals surface area contributed by atoms with Crippen molar-refractivity contribution in [1.82, 2.24) is 15.1 Å². The number of carbonyl (C=O) groups excluding carboxylic acids is 4. The highest BCUT2D eigenvalue weighted by atomic mass is 16.2. The molecule has 1 unspecified atom stereocenters. The van der Waals surface area contributed by atoms with Crippen LogP contribution in [0.2, 0.25) is 0 Å². The number of likely N-dealkylation sites (tertiary alicyclic amines) is 1. The molecule has 0 bridgehead atoms. The Morgan fingerprint density at radius 3 is 2.03 bits per heavy atom. The van der Waals surface area contributed by atoms with Crippen LogP contribution in [-0.2, 0) is 16.0 Å². The molecule has 0 aromatic heterocycles. The van der Waals surface area contributed by atoms with Crippen molar-refractivity contribution in [3.8, 4) is 0 Å². The number of hydrogen-bond acceptors (Lipinski definition) is 4. The molecule has 2 aromatic rings. The molecule has 154 valence electrons. The van der Waals surface area contributed by atoms with Crippen LogP contribution in [0.1, 0.15) is 39.1 Å². The predicted molar refractivity (Wildman–Crippen MR) is 110 cm³/mol. The summed E-state index contributed by atoms with van der Waals surface area (Å²) in [6.45, 7) is 0.946. The van der Waals surface area contributed by atoms with Crippen LogP contribution in [-0.4, -0.2) is 59.1 Å². The normalized spacial score (nSPS) is 16.5. The number of imide groups is 1. The molecule has 4 amide bonds. The molecule has 0 radical (unpaired) electrons. The number of carbonyl (C=O) groups is 4. The molecule has 7 nitrogen and oxygen atoms in total. The summed E-state index contributed by atoms with van der Waals surface area (Å²) < 4.78 is 0. The third-order valence-corrected chi connectivity index (χ3v) is 5.51. The Hall–Kier alpha value is -3.48. The van der Waals surface area contributed by atoms with E-state index in [-0.39, 0.29) is 5.91 Å². The van der Waals surface area contributed by atoms with Crippen molar-refractivity contribution < 1.29 is 19.2 Å². The van der Waals surface area contributed by atoms with Gasteiger partial charge in [0.15, 0.2) is 0 Å². The van der Waals surface area contributed by atoms with E-state index in [4.69, 9.17) is 0 Å². The molecule has 7 heteroatoms. The average Bonchev–Trinajstić information content (AvgIpc) is 3.38. The third kappa shape index (κ3) is 3.96. The van der Waals surface area contributed by atoms with Gasteiger partial charge < -0.3 is 10.2 Å². The monoisotopic (exact) mass is 405 g/mol. The molecule has 2 heterocycles. The topological polar surface area (TPSA) is 86.8 Å². The minimum atomic E-state index is -0.742. The van der Waals surface area contributed by atoms with Crippen molar-refractivity contribution in [2.45, 2.75) is 25.3 Å². The number of benzene rings is 2. The van der Waals surface area contributed by atoms with Crippen LogP contribution in [0.3, 0.4) is 0 Å². The fourth-order valence-electron chi connectivity index (χ4n) is 3.97. The largest absolute Gasteiger partial charge is 0.342 e. The van der Waals surface area contributed by atoms with E-state index in [0.717, 1.165) is 23.3 Å². The van der Waals surface area contributed by atoms with Gasteiger partial charge in [-0.2, -0.15) is 0 Å². The highest BCUT2D eigenvalue weighted by Crippen LogP contribution is 2.22. The standard InChI is InChI=1S/C23H23N3O4/c27-20(15-26-21(28)17-10-4-5-11-18(17)22(26)29)24-19(14-16-8-2-1-3-9-16)23(30)25-12-6-7-13-25/h1-5,8-11,19H,6-7,12-15H2,(H,24,27). The van der Waals surface area contributed by atoms with E-state index in [0.29, 0.717) is 30.6 Å². The number of nitrogens with one attached hydrogen (secondary N) is 1. The first-order valence-corrected chi connectivity index (χ1v) is 10.1. The molecule has 2 aliphatic heterocycles. The summed E-state index contributed by atoms with van der Waals surface area (Å²) in [5.41, 5.74) is 1.52. The van der Waals surface area contributed by atoms with Gasteiger partial charge in [0.25, 0.3) is 11.8 Å². The molecule has 2 aliphatic rings. The Morgan fingerprint density at radius 2 is 1.43 bits per heavy atom. The molecule has 0 saturated carbocycles. The summed E-state index contributed by atoms with van der Waals surface area (Å²) in [4.78, 5) is 53.4. The van der Waals surface area contributed by atoms with E-state index in [9.17, 15) is 19.2 Å². The van der Waals surface area contributed by atoms with Gasteiger partial charge in [-0.1, -0.05) is 42.5 Å². The van der Waals surface area contributed by atoms with Gasteiger partial charge in [-0.3, -0.25) is 24.1 Å². The third-order valence-electron chi connectivity index (χ3n) is 5.51. The smallest absolute Gasteiger partial charge is 0.262 e. The van der Waals surface area contributed by atoms with E-state index < -0.39 is 30.3 Å². The van der Waals surface area contributed by atoms with Crippen LogP contribution in [0.4, 0.5) is 0 Å². The van der Waals surface area contributed by atoms with E-state index in [1.165, 1.54) is 0 Å². The van der Waals surface area contributed by atoms with Crippen LogP contribution >= 0.6 is 0 Å². The number of nitrogens with zero attached hydrogens (tertiary/aromatic N) is 2. The van der Waals surface area contributed by atoms with Gasteiger partial charge >= 0.3 is 0 Å². The molecule has 0 aliphatic carbocycles. The second-order valence-electron chi connectivity index (χ2n) is 7.58. The van der Waals surface area contributed by atoms with Crippen molar-refractivity contribution in [3.05, 3.63) is 71.3 Å². The fourth-order valence-corrected chi connectivity index (χ4v) is 3.97. The lowest BCUT2D eigenvalue weighted by Gasteiger charge is -2.25. The summed E-state index contributed by atoms with van der Waals surface area (Å²) in [6.07, 6.45) is 2.25. The minimum absolute atomic E-state index is 0.132. The predicted octanol–water partition coefficient (Wildman–Crippen LogP) is 1.63. The van der Waals surface area contributed by atoms with Gasteiger partial charge in [-0.05, 0) is 30.5 Å². The van der Waals surface area contributed by atoms with E-state index in [2.05, 4.69) is 5.32 Å². The zero-order valence-corrected chi connectivity index (χ0v) is 16.5. The minimum Gasteiger partial charge on any atom is -0.342 e. The van der Waals surface area contributed by atoms with E-state index >= 15 is 0 Å². The quantitative estimate of drug-likeness (QED) is 0.740. The molecule has 0 spiro atoms. The Morgan fingerprint density at radius 1 is 0.867 bits per heavy atom. The van der Waals surface area contributed by atoms with Crippen molar-refractivity contribution in [2.24, 2.45) is 0 Å². The molecular formula is C23H23N3O4. The summed E-state index contributed by atoms with van der Waals surface area (Å²) in [6, 6.07) is 15.2. The maximum atomic E-state index is 13.0. The average molecular weight is 405 g/mol. The van der Waals surface area contributed by atoms with Crippen molar-refractivity contribution >= 4 is 23.6 Å². The first kappa shape index (κ1) is 19.8. The van der Waals surface area contributed by atoms with Crippen LogP contribution in [0, 0.1) is 0 Å². The van der Waals surface area contributed by atoms with Crippen molar-refractivity contribution in [2.75, 3.05) is 19.6 Å². The first-order valence-electron chi connectivity index (χ1n) is 10.1. The highest BCUT2D eigenvalue weighted by Gasteiger charge is 2.37. The van der Waals surface area contributed by atoms with Gasteiger partial charge in [-0.15, -0.1) is 0 Å². The summed E-state index contributed by atoms with van der Waals surface area (Å²) >= 11 is 0. The maximum absolute atomic E-state index is 13.0. The van der Waals surface area contributed by atoms with Crippen molar-refractivity contribution in [3.63, 3.8) is 0 Å². The number of hydrogen-bond donors (Lipinski definition) is 1. The lowest BCUT2D eigenvalue weighted by molar-refractivity contribution is -0.135. The van der Waals surface area contributed by atoms with Crippen molar-refractivity contribution in [1.29, 1.82) is 0 Å². The molecular weight excluding hydrogens is 382 g/mol. The van der Waals surface area contributed by atoms with Gasteiger partial charge in [0.1, 0.15) is 12.6 Å². The Balaban J connectivity index is 1.47. The van der Waals surface area contributed by atoms with Gasteiger partial charge in [0.05, 0.1) is 11.1 Å². The molecule has 30 heavy (non-hydrogen) atoms. The highest BCUT2D eigenvalue weighted by molar-refractivity contribution is 6.22. The van der Waals surface area contributed by atoms with Crippen LogP contribution in [0.25, 0.3) is 0 Å². The molecule has 1 saturated heterocycles. The molecule has 4 rings (SSSR count). The first-order chi connectivity index (χ1) is 14.5.